The number of primary amides is 1. The van der Waals surface area contributed by atoms with Crippen LogP contribution >= 0.6 is 0 Å². The van der Waals surface area contributed by atoms with Gasteiger partial charge in [0, 0.05) is 32.3 Å². The molecular weight excluding hydrogens is 399 g/mol. The van der Waals surface area contributed by atoms with Crippen LogP contribution in [0.3, 0.4) is 0 Å². The third-order valence-electron chi connectivity index (χ3n) is 7.44. The normalized spacial score (nSPS) is 32.4. The lowest BCUT2D eigenvalue weighted by atomic mass is 9.75. The molecule has 3 N–H and O–H groups in total. The number of ether oxygens (including phenoxy) is 1. The molecule has 4 heterocycles. The van der Waals surface area contributed by atoms with E-state index in [1.165, 1.54) is 12.4 Å². The smallest absolute Gasteiger partial charge is 0.236 e. The summed E-state index contributed by atoms with van der Waals surface area (Å²) in [7, 11) is 1.78. The van der Waals surface area contributed by atoms with Gasteiger partial charge < -0.3 is 15.4 Å². The van der Waals surface area contributed by atoms with Gasteiger partial charge in [-0.15, -0.1) is 0 Å². The van der Waals surface area contributed by atoms with Crippen molar-refractivity contribution in [2.24, 2.45) is 23.5 Å². The van der Waals surface area contributed by atoms with E-state index in [4.69, 9.17) is 10.5 Å². The van der Waals surface area contributed by atoms with Crippen LogP contribution in [-0.2, 0) is 9.53 Å². The topological polar surface area (TPSA) is 96.6 Å². The molecule has 0 saturated carbocycles. The first-order valence-electron chi connectivity index (χ1n) is 11.5. The molecule has 4 rings (SSSR count). The third kappa shape index (κ3) is 4.68. The van der Waals surface area contributed by atoms with Gasteiger partial charge >= 0.3 is 0 Å². The fourth-order valence-corrected chi connectivity index (χ4v) is 5.86. The molecule has 8 nitrogen and oxygen atoms in total. The second kappa shape index (κ2) is 9.34. The molecule has 0 spiro atoms. The molecule has 3 aliphatic rings. The SMILES string of the molecule is CO[C@@H]1CN(c2ncc(F)cn2)CC[C@@H]1C1C[C@H]2CC[C@@H](C1)N2N[C@@H](C(N)=O)C(C)C. The summed E-state index contributed by atoms with van der Waals surface area (Å²) in [6.45, 7) is 5.62. The molecular formula is C22H35FN6O2. The maximum absolute atomic E-state index is 13.2. The van der Waals surface area contributed by atoms with Crippen LogP contribution in [0.4, 0.5) is 10.3 Å². The number of fused-ring (bicyclic) bond motifs is 2. The predicted molar refractivity (Wildman–Crippen MR) is 115 cm³/mol. The Kier molecular flexibility index (Phi) is 6.74. The number of hydrazine groups is 1. The van der Waals surface area contributed by atoms with Crippen molar-refractivity contribution in [3.8, 4) is 0 Å². The predicted octanol–water partition coefficient (Wildman–Crippen LogP) is 1.71. The Bertz CT molecular complexity index is 749. The van der Waals surface area contributed by atoms with E-state index in [2.05, 4.69) is 25.3 Å². The molecule has 6 atom stereocenters. The highest BCUT2D eigenvalue weighted by molar-refractivity contribution is 5.80. The number of rotatable bonds is 7. The number of piperidine rings is 2. The van der Waals surface area contributed by atoms with Crippen LogP contribution in [0, 0.1) is 23.6 Å². The Morgan fingerprint density at radius 2 is 1.87 bits per heavy atom. The average Bonchev–Trinajstić information content (AvgIpc) is 2.98. The molecule has 172 valence electrons. The number of carbonyl (C=O) groups is 1. The van der Waals surface area contributed by atoms with Gasteiger partial charge in [0.25, 0.3) is 0 Å². The number of hydrogen-bond donors (Lipinski definition) is 2. The number of carbonyl (C=O) groups excluding carboxylic acids is 1. The number of methoxy groups -OCH3 is 1. The van der Waals surface area contributed by atoms with Crippen LogP contribution in [0.1, 0.15) is 46.0 Å². The minimum Gasteiger partial charge on any atom is -0.379 e. The molecule has 9 heteroatoms. The quantitative estimate of drug-likeness (QED) is 0.674. The summed E-state index contributed by atoms with van der Waals surface area (Å²) in [5.41, 5.74) is 9.11. The Hall–Kier alpha value is -1.84. The highest BCUT2D eigenvalue weighted by Gasteiger charge is 2.46. The van der Waals surface area contributed by atoms with Crippen LogP contribution in [-0.4, -0.2) is 65.3 Å². The fourth-order valence-electron chi connectivity index (χ4n) is 5.86. The molecule has 3 fully saturated rings. The lowest BCUT2D eigenvalue weighted by Gasteiger charge is -2.47. The van der Waals surface area contributed by atoms with Gasteiger partial charge in [-0.05, 0) is 49.9 Å². The summed E-state index contributed by atoms with van der Waals surface area (Å²) in [5.74, 6) is 1.07. The Morgan fingerprint density at radius 1 is 1.23 bits per heavy atom. The fraction of sp³-hybridized carbons (Fsp3) is 0.773. The second-order valence-corrected chi connectivity index (χ2v) is 9.65. The van der Waals surface area contributed by atoms with Gasteiger partial charge in [0.05, 0.1) is 18.5 Å². The van der Waals surface area contributed by atoms with Crippen LogP contribution in [0.5, 0.6) is 0 Å². The molecule has 1 aromatic heterocycles. The molecule has 2 bridgehead atoms. The first kappa shape index (κ1) is 22.4. The number of anilines is 1. The van der Waals surface area contributed by atoms with E-state index in [0.717, 1.165) is 45.2 Å². The van der Waals surface area contributed by atoms with Gasteiger partial charge in [0.15, 0.2) is 5.82 Å². The van der Waals surface area contributed by atoms with Crippen molar-refractivity contribution < 1.29 is 13.9 Å². The zero-order valence-electron chi connectivity index (χ0n) is 18.7. The van der Waals surface area contributed by atoms with E-state index < -0.39 is 5.82 Å². The van der Waals surface area contributed by atoms with E-state index >= 15 is 0 Å². The zero-order valence-corrected chi connectivity index (χ0v) is 18.7. The number of halogens is 1. The minimum atomic E-state index is -0.422. The summed E-state index contributed by atoms with van der Waals surface area (Å²) in [4.78, 5) is 22.3. The van der Waals surface area contributed by atoms with Crippen LogP contribution < -0.4 is 16.1 Å². The first-order chi connectivity index (χ1) is 14.9. The van der Waals surface area contributed by atoms with E-state index in [1.54, 1.807) is 7.11 Å². The summed E-state index contributed by atoms with van der Waals surface area (Å²) in [6, 6.07) is 0.533. The molecule has 3 saturated heterocycles. The monoisotopic (exact) mass is 434 g/mol. The summed E-state index contributed by atoms with van der Waals surface area (Å²) in [5, 5.41) is 2.33. The Balaban J connectivity index is 1.40. The van der Waals surface area contributed by atoms with Crippen molar-refractivity contribution in [2.45, 2.75) is 70.2 Å². The lowest BCUT2D eigenvalue weighted by Crippen LogP contribution is -2.60. The number of amides is 1. The van der Waals surface area contributed by atoms with Crippen molar-refractivity contribution in [3.63, 3.8) is 0 Å². The molecule has 0 aromatic carbocycles. The van der Waals surface area contributed by atoms with Crippen molar-refractivity contribution in [3.05, 3.63) is 18.2 Å². The third-order valence-corrected chi connectivity index (χ3v) is 7.44. The van der Waals surface area contributed by atoms with Crippen molar-refractivity contribution in [1.82, 2.24) is 20.4 Å². The molecule has 3 aliphatic heterocycles. The maximum Gasteiger partial charge on any atom is 0.236 e. The van der Waals surface area contributed by atoms with E-state index in [0.29, 0.717) is 29.9 Å². The van der Waals surface area contributed by atoms with Crippen molar-refractivity contribution in [2.75, 3.05) is 25.1 Å². The van der Waals surface area contributed by atoms with E-state index in [9.17, 15) is 9.18 Å². The number of nitrogens with two attached hydrogens (primary N) is 1. The van der Waals surface area contributed by atoms with Gasteiger partial charge in [-0.3, -0.25) is 4.79 Å². The molecule has 0 aliphatic carbocycles. The summed E-state index contributed by atoms with van der Waals surface area (Å²) >= 11 is 0. The van der Waals surface area contributed by atoms with Gasteiger partial charge in [-0.2, -0.15) is 0 Å². The standard InChI is InChI=1S/C22H35FN6O2/c1-13(2)20(21(24)30)27-29-16-4-5-17(29)9-14(8-16)18-6-7-28(12-19(18)31-3)22-25-10-15(23)11-26-22/h10-11,13-14,16-20,27H,4-9,12H2,1-3H3,(H2,24,30)/t14?,16-,17+,18-,19-,20-/m1/s1. The Labute approximate surface area is 183 Å². The molecule has 1 unspecified atom stereocenters. The maximum atomic E-state index is 13.2. The van der Waals surface area contributed by atoms with Crippen LogP contribution in [0.2, 0.25) is 0 Å². The van der Waals surface area contributed by atoms with Crippen LogP contribution in [0.15, 0.2) is 12.4 Å². The Morgan fingerprint density at radius 3 is 2.42 bits per heavy atom. The molecule has 1 amide bonds. The second-order valence-electron chi connectivity index (χ2n) is 9.65. The van der Waals surface area contributed by atoms with Gasteiger partial charge in [0.1, 0.15) is 6.04 Å². The average molecular weight is 435 g/mol. The van der Waals surface area contributed by atoms with Gasteiger partial charge in [0.2, 0.25) is 11.9 Å². The van der Waals surface area contributed by atoms with E-state index in [1.807, 2.05) is 13.8 Å². The molecule has 0 radical (unpaired) electrons. The number of nitrogens with one attached hydrogen (secondary N) is 1. The zero-order chi connectivity index (χ0) is 22.1. The van der Waals surface area contributed by atoms with Crippen LogP contribution in [0.25, 0.3) is 0 Å². The number of aromatic nitrogens is 2. The van der Waals surface area contributed by atoms with Gasteiger partial charge in [-0.1, -0.05) is 13.8 Å². The highest BCUT2D eigenvalue weighted by atomic mass is 19.1. The first-order valence-corrected chi connectivity index (χ1v) is 11.5. The molecule has 31 heavy (non-hydrogen) atoms. The largest absolute Gasteiger partial charge is 0.379 e. The number of hydrogen-bond acceptors (Lipinski definition) is 7. The van der Waals surface area contributed by atoms with Crippen molar-refractivity contribution >= 4 is 11.9 Å². The van der Waals surface area contributed by atoms with E-state index in [-0.39, 0.29) is 24.0 Å². The molecule has 1 aromatic rings. The highest BCUT2D eigenvalue weighted by Crippen LogP contribution is 2.44. The van der Waals surface area contributed by atoms with Gasteiger partial charge in [-0.25, -0.2) is 24.8 Å². The minimum absolute atomic E-state index is 0.0975. The summed E-state index contributed by atoms with van der Waals surface area (Å²) in [6.07, 6.45) is 8.04. The summed E-state index contributed by atoms with van der Waals surface area (Å²) < 4.78 is 19.1. The lowest BCUT2D eigenvalue weighted by molar-refractivity contribution is -0.124. The van der Waals surface area contributed by atoms with Crippen molar-refractivity contribution in [1.29, 1.82) is 0 Å². The number of nitrogens with zero attached hydrogens (tertiary/aromatic N) is 4.